The molecule has 0 amide bonds. The Morgan fingerprint density at radius 3 is 2.32 bits per heavy atom. The number of hydrogen-bond acceptors (Lipinski definition) is 2. The van der Waals surface area contributed by atoms with Crippen molar-refractivity contribution in [2.24, 2.45) is 17.8 Å². The largest absolute Gasteiger partial charge is 0.374 e. The van der Waals surface area contributed by atoms with Crippen molar-refractivity contribution in [2.45, 2.75) is 70.8 Å². The Morgan fingerprint density at radius 2 is 1.84 bits per heavy atom. The molecule has 2 heteroatoms. The maximum atomic E-state index is 6.38. The van der Waals surface area contributed by atoms with Gasteiger partial charge in [-0.1, -0.05) is 33.1 Å². The highest BCUT2D eigenvalue weighted by Gasteiger charge is 2.36. The molecule has 2 nitrogen and oxygen atoms in total. The molecule has 2 aliphatic rings. The van der Waals surface area contributed by atoms with Crippen LogP contribution >= 0.6 is 0 Å². The fourth-order valence-corrected chi connectivity index (χ4v) is 3.75. The topological polar surface area (TPSA) is 21.3 Å². The summed E-state index contributed by atoms with van der Waals surface area (Å²) in [4.78, 5) is 0. The van der Waals surface area contributed by atoms with E-state index in [0.29, 0.717) is 0 Å². The maximum absolute atomic E-state index is 6.38. The summed E-state index contributed by atoms with van der Waals surface area (Å²) < 4.78 is 6.38. The molecule has 0 aromatic rings. The molecule has 0 unspecified atom stereocenters. The van der Waals surface area contributed by atoms with Gasteiger partial charge in [-0.3, -0.25) is 0 Å². The number of ether oxygens (including phenoxy) is 1. The lowest BCUT2D eigenvalue weighted by atomic mass is 9.74. The van der Waals surface area contributed by atoms with Gasteiger partial charge in [-0.2, -0.15) is 0 Å². The van der Waals surface area contributed by atoms with E-state index in [4.69, 9.17) is 4.74 Å². The van der Waals surface area contributed by atoms with Crippen LogP contribution in [0.2, 0.25) is 0 Å². The Labute approximate surface area is 119 Å². The molecule has 0 radical (unpaired) electrons. The summed E-state index contributed by atoms with van der Waals surface area (Å²) in [7, 11) is 2.06. The van der Waals surface area contributed by atoms with Crippen molar-refractivity contribution in [3.63, 3.8) is 0 Å². The highest BCUT2D eigenvalue weighted by atomic mass is 16.5. The predicted molar refractivity (Wildman–Crippen MR) is 81.4 cm³/mol. The number of rotatable bonds is 7. The van der Waals surface area contributed by atoms with Gasteiger partial charge in [0.2, 0.25) is 0 Å². The quantitative estimate of drug-likeness (QED) is 0.753. The van der Waals surface area contributed by atoms with Crippen molar-refractivity contribution in [1.29, 1.82) is 0 Å². The van der Waals surface area contributed by atoms with Gasteiger partial charge in [0, 0.05) is 13.2 Å². The zero-order valence-corrected chi connectivity index (χ0v) is 13.2. The summed E-state index contributed by atoms with van der Waals surface area (Å²) in [6.07, 6.45) is 10.8. The normalized spacial score (nSPS) is 32.5. The molecular weight excluding hydrogens is 234 g/mol. The highest BCUT2D eigenvalue weighted by molar-refractivity contribution is 4.90. The molecule has 1 N–H and O–H groups in total. The molecule has 2 saturated carbocycles. The van der Waals surface area contributed by atoms with Gasteiger partial charge in [-0.05, 0) is 56.9 Å². The molecule has 2 aliphatic carbocycles. The molecule has 0 heterocycles. The van der Waals surface area contributed by atoms with E-state index in [2.05, 4.69) is 26.2 Å². The van der Waals surface area contributed by atoms with Crippen molar-refractivity contribution in [2.75, 3.05) is 20.2 Å². The standard InChI is InChI=1S/C17H33NO/c1-14(2)16-7-10-17(11-8-16,13-18-3)19-12-9-15-5-4-6-15/h14-16,18H,4-13H2,1-3H3. The average Bonchev–Trinajstić information content (AvgIpc) is 2.33. The first-order chi connectivity index (χ1) is 9.15. The third kappa shape index (κ3) is 4.19. The van der Waals surface area contributed by atoms with Crippen LogP contribution in [0.4, 0.5) is 0 Å². The summed E-state index contributed by atoms with van der Waals surface area (Å²) >= 11 is 0. The fraction of sp³-hybridized carbons (Fsp3) is 1.00. The van der Waals surface area contributed by atoms with Crippen molar-refractivity contribution in [3.05, 3.63) is 0 Å². The van der Waals surface area contributed by atoms with E-state index in [1.54, 1.807) is 0 Å². The number of nitrogens with one attached hydrogen (secondary N) is 1. The van der Waals surface area contributed by atoms with Crippen LogP contribution in [0.25, 0.3) is 0 Å². The van der Waals surface area contributed by atoms with Crippen LogP contribution in [0.1, 0.15) is 65.2 Å². The second-order valence-electron chi connectivity index (χ2n) is 7.23. The highest BCUT2D eigenvalue weighted by Crippen LogP contribution is 2.38. The summed E-state index contributed by atoms with van der Waals surface area (Å²) in [6, 6.07) is 0. The molecular formula is C17H33NO. The lowest BCUT2D eigenvalue weighted by molar-refractivity contribution is -0.0840. The molecule has 0 aromatic carbocycles. The lowest BCUT2D eigenvalue weighted by Crippen LogP contribution is -2.46. The second-order valence-corrected chi connectivity index (χ2v) is 7.23. The van der Waals surface area contributed by atoms with Crippen LogP contribution in [-0.4, -0.2) is 25.8 Å². The molecule has 0 saturated heterocycles. The third-order valence-electron chi connectivity index (χ3n) is 5.54. The molecule has 0 bridgehead atoms. The monoisotopic (exact) mass is 267 g/mol. The smallest absolute Gasteiger partial charge is 0.0806 e. The first kappa shape index (κ1) is 15.3. The van der Waals surface area contributed by atoms with Crippen LogP contribution in [0.3, 0.4) is 0 Å². The van der Waals surface area contributed by atoms with Crippen LogP contribution in [0.15, 0.2) is 0 Å². The number of likely N-dealkylation sites (N-methyl/N-ethyl adjacent to an activating group) is 1. The van der Waals surface area contributed by atoms with Crippen molar-refractivity contribution in [3.8, 4) is 0 Å². The first-order valence-electron chi connectivity index (χ1n) is 8.44. The first-order valence-corrected chi connectivity index (χ1v) is 8.44. The zero-order valence-electron chi connectivity index (χ0n) is 13.2. The Hall–Kier alpha value is -0.0800. The van der Waals surface area contributed by atoms with E-state index < -0.39 is 0 Å². The summed E-state index contributed by atoms with van der Waals surface area (Å²) in [5, 5.41) is 3.36. The van der Waals surface area contributed by atoms with Crippen molar-refractivity contribution < 1.29 is 4.74 Å². The zero-order chi connectivity index (χ0) is 13.7. The van der Waals surface area contributed by atoms with E-state index in [0.717, 1.165) is 30.9 Å². The molecule has 0 aromatic heterocycles. The van der Waals surface area contributed by atoms with Crippen molar-refractivity contribution >= 4 is 0 Å². The maximum Gasteiger partial charge on any atom is 0.0806 e. The summed E-state index contributed by atoms with van der Waals surface area (Å²) in [6.45, 7) is 6.75. The van der Waals surface area contributed by atoms with Gasteiger partial charge in [-0.25, -0.2) is 0 Å². The van der Waals surface area contributed by atoms with Crippen LogP contribution in [0.5, 0.6) is 0 Å². The van der Waals surface area contributed by atoms with E-state index in [1.165, 1.54) is 51.4 Å². The summed E-state index contributed by atoms with van der Waals surface area (Å²) in [5.74, 6) is 2.72. The molecule has 0 spiro atoms. The minimum Gasteiger partial charge on any atom is -0.374 e. The van der Waals surface area contributed by atoms with Gasteiger partial charge in [0.25, 0.3) is 0 Å². The van der Waals surface area contributed by atoms with Crippen LogP contribution in [-0.2, 0) is 4.74 Å². The van der Waals surface area contributed by atoms with Gasteiger partial charge < -0.3 is 10.1 Å². The van der Waals surface area contributed by atoms with E-state index in [-0.39, 0.29) is 5.60 Å². The second kappa shape index (κ2) is 7.08. The molecule has 0 aliphatic heterocycles. The summed E-state index contributed by atoms with van der Waals surface area (Å²) in [5.41, 5.74) is 0.143. The Morgan fingerprint density at radius 1 is 1.16 bits per heavy atom. The lowest BCUT2D eigenvalue weighted by Gasteiger charge is -2.41. The van der Waals surface area contributed by atoms with Gasteiger partial charge in [0.05, 0.1) is 5.60 Å². The average molecular weight is 267 g/mol. The Kier molecular flexibility index (Phi) is 5.70. The van der Waals surface area contributed by atoms with Gasteiger partial charge in [0.15, 0.2) is 0 Å². The van der Waals surface area contributed by atoms with Gasteiger partial charge in [0.1, 0.15) is 0 Å². The van der Waals surface area contributed by atoms with E-state index in [9.17, 15) is 0 Å². The molecule has 0 atom stereocenters. The van der Waals surface area contributed by atoms with Crippen LogP contribution < -0.4 is 5.32 Å². The number of hydrogen-bond donors (Lipinski definition) is 1. The van der Waals surface area contributed by atoms with E-state index >= 15 is 0 Å². The van der Waals surface area contributed by atoms with Crippen molar-refractivity contribution in [1.82, 2.24) is 5.32 Å². The predicted octanol–water partition coefficient (Wildman–Crippen LogP) is 4.00. The van der Waals surface area contributed by atoms with Gasteiger partial charge in [-0.15, -0.1) is 0 Å². The Bertz CT molecular complexity index is 252. The van der Waals surface area contributed by atoms with Crippen LogP contribution in [0, 0.1) is 17.8 Å². The minimum absolute atomic E-state index is 0.143. The third-order valence-corrected chi connectivity index (χ3v) is 5.54. The fourth-order valence-electron chi connectivity index (χ4n) is 3.75. The SMILES string of the molecule is CNCC1(OCCC2CCC2)CCC(C(C)C)CC1. The molecule has 112 valence electrons. The molecule has 2 fully saturated rings. The van der Waals surface area contributed by atoms with E-state index in [1.807, 2.05) is 0 Å². The molecule has 19 heavy (non-hydrogen) atoms. The minimum atomic E-state index is 0.143. The van der Waals surface area contributed by atoms with Gasteiger partial charge >= 0.3 is 0 Å². The Balaban J connectivity index is 1.77. The molecule has 2 rings (SSSR count).